The Balaban J connectivity index is 2.21. The Hall–Kier alpha value is -1.59. The van der Waals surface area contributed by atoms with Gasteiger partial charge in [-0.2, -0.15) is 0 Å². The molecule has 0 aromatic rings. The zero-order valence-corrected chi connectivity index (χ0v) is 14.6. The van der Waals surface area contributed by atoms with Crippen molar-refractivity contribution in [2.45, 2.75) is 52.9 Å². The molecule has 1 N–H and O–H groups in total. The molecule has 0 unspecified atom stereocenters. The van der Waals surface area contributed by atoms with Crippen molar-refractivity contribution in [3.05, 3.63) is 0 Å². The van der Waals surface area contributed by atoms with Crippen LogP contribution in [0.15, 0.2) is 0 Å². The highest BCUT2D eigenvalue weighted by Gasteiger charge is 2.28. The number of nitrogens with zero attached hydrogens (tertiary/aromatic N) is 1. The van der Waals surface area contributed by atoms with E-state index < -0.39 is 0 Å². The summed E-state index contributed by atoms with van der Waals surface area (Å²) in [6, 6.07) is 0. The van der Waals surface area contributed by atoms with Gasteiger partial charge in [0, 0.05) is 32.5 Å². The van der Waals surface area contributed by atoms with Crippen molar-refractivity contribution in [3.8, 4) is 0 Å². The minimum Gasteiger partial charge on any atom is -0.466 e. The summed E-state index contributed by atoms with van der Waals surface area (Å²) < 4.78 is 5.01. The van der Waals surface area contributed by atoms with Gasteiger partial charge < -0.3 is 15.0 Å². The van der Waals surface area contributed by atoms with E-state index in [0.717, 1.165) is 6.42 Å². The van der Waals surface area contributed by atoms with E-state index in [1.165, 1.54) is 0 Å². The van der Waals surface area contributed by atoms with Crippen LogP contribution in [0.3, 0.4) is 0 Å². The molecule has 23 heavy (non-hydrogen) atoms. The molecule has 0 radical (unpaired) electrons. The zero-order valence-electron chi connectivity index (χ0n) is 14.6. The Morgan fingerprint density at radius 3 is 2.39 bits per heavy atom. The number of nitrogens with one attached hydrogen (secondary N) is 1. The molecule has 0 aromatic heterocycles. The van der Waals surface area contributed by atoms with E-state index in [1.54, 1.807) is 11.8 Å². The van der Waals surface area contributed by atoms with E-state index in [4.69, 9.17) is 4.74 Å². The number of amides is 2. The number of hydrogen-bond acceptors (Lipinski definition) is 4. The van der Waals surface area contributed by atoms with Crippen molar-refractivity contribution < 1.29 is 19.1 Å². The van der Waals surface area contributed by atoms with E-state index in [1.807, 2.05) is 0 Å². The molecule has 1 aliphatic heterocycles. The molecule has 0 aliphatic carbocycles. The Morgan fingerprint density at radius 1 is 1.17 bits per heavy atom. The molecule has 6 heteroatoms. The maximum absolute atomic E-state index is 12.1. The van der Waals surface area contributed by atoms with Crippen molar-refractivity contribution >= 4 is 17.8 Å². The number of rotatable bonds is 8. The highest BCUT2D eigenvalue weighted by Crippen LogP contribution is 2.19. The third-order valence-electron chi connectivity index (χ3n) is 4.08. The number of ether oxygens (including phenoxy) is 1. The van der Waals surface area contributed by atoms with E-state index in [0.29, 0.717) is 45.0 Å². The molecule has 1 heterocycles. The number of likely N-dealkylation sites (tertiary alicyclic amines) is 1. The fourth-order valence-corrected chi connectivity index (χ4v) is 2.59. The molecule has 0 saturated carbocycles. The van der Waals surface area contributed by atoms with Crippen molar-refractivity contribution in [3.63, 3.8) is 0 Å². The van der Waals surface area contributed by atoms with Gasteiger partial charge in [-0.15, -0.1) is 0 Å². The minimum absolute atomic E-state index is 0.00804. The Kier molecular flexibility index (Phi) is 8.66. The van der Waals surface area contributed by atoms with Gasteiger partial charge in [0.05, 0.1) is 12.5 Å². The second-order valence-corrected chi connectivity index (χ2v) is 6.44. The molecule has 0 atom stereocenters. The lowest BCUT2D eigenvalue weighted by Crippen LogP contribution is -2.41. The van der Waals surface area contributed by atoms with Gasteiger partial charge in [0.1, 0.15) is 0 Å². The summed E-state index contributed by atoms with van der Waals surface area (Å²) in [5.74, 6) is 0.215. The molecular formula is C17H30N2O4. The Bertz CT molecular complexity index is 401. The summed E-state index contributed by atoms with van der Waals surface area (Å²) in [7, 11) is 0. The number of esters is 1. The van der Waals surface area contributed by atoms with Crippen LogP contribution in [0.1, 0.15) is 52.9 Å². The molecule has 132 valence electrons. The van der Waals surface area contributed by atoms with Crippen LogP contribution in [0.2, 0.25) is 0 Å². The molecule has 2 amide bonds. The van der Waals surface area contributed by atoms with Gasteiger partial charge in [-0.05, 0) is 32.1 Å². The van der Waals surface area contributed by atoms with Crippen LogP contribution in [0.4, 0.5) is 0 Å². The van der Waals surface area contributed by atoms with Crippen molar-refractivity contribution in [2.75, 3.05) is 26.2 Å². The topological polar surface area (TPSA) is 75.7 Å². The van der Waals surface area contributed by atoms with E-state index >= 15 is 0 Å². The molecule has 0 bridgehead atoms. The van der Waals surface area contributed by atoms with Gasteiger partial charge >= 0.3 is 5.97 Å². The SMILES string of the molecule is CCOC(=O)C1CCN(C(=O)CCC(=O)NCCC(C)C)CC1. The Morgan fingerprint density at radius 2 is 1.83 bits per heavy atom. The van der Waals surface area contributed by atoms with Crippen LogP contribution >= 0.6 is 0 Å². The third-order valence-corrected chi connectivity index (χ3v) is 4.08. The van der Waals surface area contributed by atoms with Crippen LogP contribution < -0.4 is 5.32 Å². The van der Waals surface area contributed by atoms with Gasteiger partial charge in [-0.1, -0.05) is 13.8 Å². The van der Waals surface area contributed by atoms with Crippen LogP contribution in [-0.4, -0.2) is 48.9 Å². The number of hydrogen-bond donors (Lipinski definition) is 1. The van der Waals surface area contributed by atoms with Crippen LogP contribution in [0, 0.1) is 11.8 Å². The van der Waals surface area contributed by atoms with Crippen LogP contribution in [0.25, 0.3) is 0 Å². The van der Waals surface area contributed by atoms with E-state index in [9.17, 15) is 14.4 Å². The molecule has 0 spiro atoms. The first-order valence-electron chi connectivity index (χ1n) is 8.65. The lowest BCUT2D eigenvalue weighted by atomic mass is 9.96. The maximum atomic E-state index is 12.1. The summed E-state index contributed by atoms with van der Waals surface area (Å²) in [6.45, 7) is 8.20. The fraction of sp³-hybridized carbons (Fsp3) is 0.824. The van der Waals surface area contributed by atoms with E-state index in [2.05, 4.69) is 19.2 Å². The van der Waals surface area contributed by atoms with E-state index in [-0.39, 0.29) is 36.5 Å². The van der Waals surface area contributed by atoms with Crippen molar-refractivity contribution in [1.82, 2.24) is 10.2 Å². The summed E-state index contributed by atoms with van der Waals surface area (Å²) in [4.78, 5) is 37.2. The predicted molar refractivity (Wildman–Crippen MR) is 87.6 cm³/mol. The lowest BCUT2D eigenvalue weighted by Gasteiger charge is -2.30. The molecule has 1 rings (SSSR count). The van der Waals surface area contributed by atoms with Gasteiger partial charge in [0.15, 0.2) is 0 Å². The maximum Gasteiger partial charge on any atom is 0.309 e. The molecule has 1 fully saturated rings. The zero-order chi connectivity index (χ0) is 17.2. The van der Waals surface area contributed by atoms with Crippen molar-refractivity contribution in [1.29, 1.82) is 0 Å². The number of carbonyl (C=O) groups excluding carboxylic acids is 3. The second kappa shape index (κ2) is 10.2. The first-order valence-corrected chi connectivity index (χ1v) is 8.65. The molecule has 1 aliphatic rings. The van der Waals surface area contributed by atoms with Gasteiger partial charge in [0.2, 0.25) is 11.8 Å². The molecule has 0 aromatic carbocycles. The Labute approximate surface area is 138 Å². The summed E-state index contributed by atoms with van der Waals surface area (Å²) in [5.41, 5.74) is 0. The van der Waals surface area contributed by atoms with Gasteiger partial charge in [0.25, 0.3) is 0 Å². The monoisotopic (exact) mass is 326 g/mol. The van der Waals surface area contributed by atoms with Gasteiger partial charge in [-0.25, -0.2) is 0 Å². The predicted octanol–water partition coefficient (Wildman–Crippen LogP) is 1.73. The summed E-state index contributed by atoms with van der Waals surface area (Å²) >= 11 is 0. The first-order chi connectivity index (χ1) is 10.9. The fourth-order valence-electron chi connectivity index (χ4n) is 2.59. The normalized spacial score (nSPS) is 15.6. The highest BCUT2D eigenvalue weighted by molar-refractivity contribution is 5.84. The summed E-state index contributed by atoms with van der Waals surface area (Å²) in [6.07, 6.45) is 2.70. The second-order valence-electron chi connectivity index (χ2n) is 6.44. The van der Waals surface area contributed by atoms with Crippen LogP contribution in [0.5, 0.6) is 0 Å². The van der Waals surface area contributed by atoms with Gasteiger partial charge in [-0.3, -0.25) is 14.4 Å². The first kappa shape index (κ1) is 19.5. The minimum atomic E-state index is -0.163. The smallest absolute Gasteiger partial charge is 0.309 e. The quantitative estimate of drug-likeness (QED) is 0.689. The standard InChI is InChI=1S/C17H30N2O4/c1-4-23-17(22)14-8-11-19(12-9-14)16(21)6-5-15(20)18-10-7-13(2)3/h13-14H,4-12H2,1-3H3,(H,18,20). The lowest BCUT2D eigenvalue weighted by molar-refractivity contribution is -0.151. The van der Waals surface area contributed by atoms with Crippen molar-refractivity contribution in [2.24, 2.45) is 11.8 Å². The average Bonchev–Trinajstić information content (AvgIpc) is 2.52. The molecule has 1 saturated heterocycles. The van der Waals surface area contributed by atoms with Crippen LogP contribution in [-0.2, 0) is 19.1 Å². The number of carbonyl (C=O) groups is 3. The largest absolute Gasteiger partial charge is 0.466 e. The average molecular weight is 326 g/mol. The third kappa shape index (κ3) is 7.48. The summed E-state index contributed by atoms with van der Waals surface area (Å²) in [5, 5.41) is 2.84. The number of piperidine rings is 1. The highest BCUT2D eigenvalue weighted by atomic mass is 16.5. The molecular weight excluding hydrogens is 296 g/mol. The molecule has 6 nitrogen and oxygen atoms in total.